The van der Waals surface area contributed by atoms with E-state index in [0.717, 1.165) is 30.0 Å². The lowest BCUT2D eigenvalue weighted by Crippen LogP contribution is -2.21. The summed E-state index contributed by atoms with van der Waals surface area (Å²) in [5.74, 6) is 1.61. The Labute approximate surface area is 115 Å². The molecule has 0 amide bonds. The zero-order valence-electron chi connectivity index (χ0n) is 11.7. The summed E-state index contributed by atoms with van der Waals surface area (Å²) in [6.45, 7) is 8.21. The van der Waals surface area contributed by atoms with Crippen LogP contribution in [0, 0.1) is 0 Å². The number of hydrogen-bond donors (Lipinski definition) is 1. The van der Waals surface area contributed by atoms with Gasteiger partial charge < -0.3 is 14.8 Å². The van der Waals surface area contributed by atoms with Crippen LogP contribution in [-0.4, -0.2) is 25.8 Å². The maximum atomic E-state index is 5.78. The number of ether oxygens (including phenoxy) is 2. The Morgan fingerprint density at radius 3 is 2.58 bits per heavy atom. The highest BCUT2D eigenvalue weighted by atomic mass is 16.5. The van der Waals surface area contributed by atoms with Gasteiger partial charge in [0.25, 0.3) is 0 Å². The van der Waals surface area contributed by atoms with Gasteiger partial charge in [0.2, 0.25) is 0 Å². The highest BCUT2D eigenvalue weighted by Gasteiger charge is 2.20. The molecule has 1 fully saturated rings. The number of hydrogen-bond acceptors (Lipinski definition) is 3. The second-order valence-electron chi connectivity index (χ2n) is 4.99. The van der Waals surface area contributed by atoms with Crippen LogP contribution in [0.15, 0.2) is 36.4 Å². The molecule has 0 unspecified atom stereocenters. The first-order valence-electron chi connectivity index (χ1n) is 7.04. The molecule has 1 aromatic carbocycles. The molecule has 1 aliphatic carbocycles. The highest BCUT2D eigenvalue weighted by Crippen LogP contribution is 2.26. The molecule has 104 valence electrons. The van der Waals surface area contributed by atoms with Crippen molar-refractivity contribution in [3.05, 3.63) is 36.4 Å². The summed E-state index contributed by atoms with van der Waals surface area (Å²) in [4.78, 5) is 0. The van der Waals surface area contributed by atoms with E-state index in [1.807, 2.05) is 24.3 Å². The maximum absolute atomic E-state index is 5.78. The molecule has 0 saturated heterocycles. The average molecular weight is 261 g/mol. The van der Waals surface area contributed by atoms with Crippen molar-refractivity contribution in [3.63, 3.8) is 0 Å². The molecule has 19 heavy (non-hydrogen) atoms. The fraction of sp³-hybridized carbons (Fsp3) is 0.500. The van der Waals surface area contributed by atoms with Gasteiger partial charge in [0.05, 0.1) is 6.61 Å². The quantitative estimate of drug-likeness (QED) is 0.693. The molecule has 1 aromatic rings. The smallest absolute Gasteiger partial charge is 0.161 e. The zero-order valence-corrected chi connectivity index (χ0v) is 11.7. The molecule has 0 atom stereocenters. The lowest BCUT2D eigenvalue weighted by atomic mass is 10.3. The summed E-state index contributed by atoms with van der Waals surface area (Å²) < 4.78 is 11.4. The third-order valence-corrected chi connectivity index (χ3v) is 2.96. The summed E-state index contributed by atoms with van der Waals surface area (Å²) in [5.41, 5.74) is 1.07. The standard InChI is InChI=1S/C16H23NO2/c1-3-10-18-15-6-4-5-7-16(15)19-12-13(2)11-17-14-8-9-14/h4-7,14,17H,2-3,8-12H2,1H3. The molecule has 0 radical (unpaired) electrons. The van der Waals surface area contributed by atoms with E-state index in [-0.39, 0.29) is 0 Å². The molecular formula is C16H23NO2. The van der Waals surface area contributed by atoms with Crippen molar-refractivity contribution in [2.75, 3.05) is 19.8 Å². The summed E-state index contributed by atoms with van der Waals surface area (Å²) in [5, 5.41) is 3.43. The average Bonchev–Trinajstić information content (AvgIpc) is 3.25. The van der Waals surface area contributed by atoms with Gasteiger partial charge in [-0.15, -0.1) is 0 Å². The largest absolute Gasteiger partial charge is 0.490 e. The van der Waals surface area contributed by atoms with Gasteiger partial charge in [0.1, 0.15) is 6.61 Å². The van der Waals surface area contributed by atoms with Crippen LogP contribution in [0.5, 0.6) is 11.5 Å². The molecule has 3 heteroatoms. The molecule has 1 aliphatic rings. The Balaban J connectivity index is 1.78. The van der Waals surface area contributed by atoms with Gasteiger partial charge in [-0.2, -0.15) is 0 Å². The minimum absolute atomic E-state index is 0.534. The Bertz CT molecular complexity index is 413. The Morgan fingerprint density at radius 2 is 1.95 bits per heavy atom. The predicted molar refractivity (Wildman–Crippen MR) is 77.9 cm³/mol. The fourth-order valence-corrected chi connectivity index (χ4v) is 1.71. The topological polar surface area (TPSA) is 30.5 Å². The molecular weight excluding hydrogens is 238 g/mol. The second-order valence-corrected chi connectivity index (χ2v) is 4.99. The molecule has 0 spiro atoms. The van der Waals surface area contributed by atoms with Crippen LogP contribution in [0.4, 0.5) is 0 Å². The first kappa shape index (κ1) is 13.9. The number of para-hydroxylation sites is 2. The van der Waals surface area contributed by atoms with E-state index < -0.39 is 0 Å². The van der Waals surface area contributed by atoms with Crippen LogP contribution < -0.4 is 14.8 Å². The molecule has 0 bridgehead atoms. The third kappa shape index (κ3) is 4.95. The van der Waals surface area contributed by atoms with E-state index in [4.69, 9.17) is 9.47 Å². The van der Waals surface area contributed by atoms with E-state index in [2.05, 4.69) is 18.8 Å². The molecule has 0 heterocycles. The van der Waals surface area contributed by atoms with Crippen LogP contribution >= 0.6 is 0 Å². The van der Waals surface area contributed by atoms with E-state index in [1.54, 1.807) is 0 Å². The third-order valence-electron chi connectivity index (χ3n) is 2.96. The van der Waals surface area contributed by atoms with Crippen LogP contribution in [0.2, 0.25) is 0 Å². The van der Waals surface area contributed by atoms with Crippen molar-refractivity contribution in [1.29, 1.82) is 0 Å². The highest BCUT2D eigenvalue weighted by molar-refractivity contribution is 5.39. The molecule has 0 aromatic heterocycles. The van der Waals surface area contributed by atoms with E-state index in [9.17, 15) is 0 Å². The van der Waals surface area contributed by atoms with Crippen LogP contribution in [-0.2, 0) is 0 Å². The zero-order chi connectivity index (χ0) is 13.5. The second kappa shape index (κ2) is 7.19. The monoisotopic (exact) mass is 261 g/mol. The Hall–Kier alpha value is -1.48. The number of benzene rings is 1. The SMILES string of the molecule is C=C(CNC1CC1)COc1ccccc1OCCC. The lowest BCUT2D eigenvalue weighted by Gasteiger charge is -2.13. The molecule has 3 nitrogen and oxygen atoms in total. The van der Waals surface area contributed by atoms with Crippen molar-refractivity contribution in [2.45, 2.75) is 32.2 Å². The van der Waals surface area contributed by atoms with Gasteiger partial charge in [-0.05, 0) is 37.0 Å². The van der Waals surface area contributed by atoms with Gasteiger partial charge in [0, 0.05) is 12.6 Å². The van der Waals surface area contributed by atoms with Crippen molar-refractivity contribution in [1.82, 2.24) is 5.32 Å². The lowest BCUT2D eigenvalue weighted by molar-refractivity contribution is 0.280. The van der Waals surface area contributed by atoms with Crippen LogP contribution in [0.25, 0.3) is 0 Å². The van der Waals surface area contributed by atoms with E-state index in [0.29, 0.717) is 19.3 Å². The van der Waals surface area contributed by atoms with Gasteiger partial charge in [-0.1, -0.05) is 25.6 Å². The van der Waals surface area contributed by atoms with Crippen molar-refractivity contribution < 1.29 is 9.47 Å². The maximum Gasteiger partial charge on any atom is 0.161 e. The molecule has 0 aliphatic heterocycles. The van der Waals surface area contributed by atoms with E-state index in [1.165, 1.54) is 12.8 Å². The van der Waals surface area contributed by atoms with Gasteiger partial charge in [-0.3, -0.25) is 0 Å². The normalized spacial score (nSPS) is 14.2. The minimum atomic E-state index is 0.534. The summed E-state index contributed by atoms with van der Waals surface area (Å²) in [6, 6.07) is 8.50. The van der Waals surface area contributed by atoms with Crippen LogP contribution in [0.3, 0.4) is 0 Å². The fourth-order valence-electron chi connectivity index (χ4n) is 1.71. The predicted octanol–water partition coefficient (Wildman–Crippen LogP) is 3.16. The van der Waals surface area contributed by atoms with Gasteiger partial charge in [0.15, 0.2) is 11.5 Å². The van der Waals surface area contributed by atoms with Crippen LogP contribution in [0.1, 0.15) is 26.2 Å². The van der Waals surface area contributed by atoms with E-state index >= 15 is 0 Å². The molecule has 2 rings (SSSR count). The number of nitrogens with one attached hydrogen (secondary N) is 1. The summed E-state index contributed by atoms with van der Waals surface area (Å²) in [6.07, 6.45) is 3.58. The van der Waals surface area contributed by atoms with Crippen molar-refractivity contribution in [2.24, 2.45) is 0 Å². The van der Waals surface area contributed by atoms with Gasteiger partial charge >= 0.3 is 0 Å². The summed E-state index contributed by atoms with van der Waals surface area (Å²) in [7, 11) is 0. The number of rotatable bonds is 9. The Kier molecular flexibility index (Phi) is 5.28. The summed E-state index contributed by atoms with van der Waals surface area (Å²) >= 11 is 0. The van der Waals surface area contributed by atoms with Gasteiger partial charge in [-0.25, -0.2) is 0 Å². The molecule has 1 saturated carbocycles. The van der Waals surface area contributed by atoms with Crippen molar-refractivity contribution >= 4 is 0 Å². The minimum Gasteiger partial charge on any atom is -0.490 e. The first-order valence-corrected chi connectivity index (χ1v) is 7.04. The Morgan fingerprint density at radius 1 is 1.26 bits per heavy atom. The van der Waals surface area contributed by atoms with Crippen molar-refractivity contribution in [3.8, 4) is 11.5 Å². The first-order chi connectivity index (χ1) is 9.29. The molecule has 1 N–H and O–H groups in total.